The first-order chi connectivity index (χ1) is 17.1. The number of aliphatic hydroxyl groups excluding tert-OH is 1. The molecule has 0 bridgehead atoms. The van der Waals surface area contributed by atoms with Gasteiger partial charge in [-0.25, -0.2) is 0 Å². The Morgan fingerprint density at radius 2 is 1.94 bits per heavy atom. The molecule has 0 amide bonds. The Morgan fingerprint density at radius 3 is 2.64 bits per heavy atom. The Hall–Kier alpha value is -3.08. The van der Waals surface area contributed by atoms with Crippen molar-refractivity contribution in [2.24, 2.45) is 5.41 Å². The van der Waals surface area contributed by atoms with E-state index in [0.717, 1.165) is 23.2 Å². The first-order valence-corrected chi connectivity index (χ1v) is 12.8. The maximum Gasteiger partial charge on any atom is 0.223 e. The molecule has 0 radical (unpaired) electrons. The van der Waals surface area contributed by atoms with E-state index in [-0.39, 0.29) is 22.8 Å². The third-order valence-corrected chi connectivity index (χ3v) is 8.15. The second-order valence-electron chi connectivity index (χ2n) is 12.2. The number of aromatic nitrogens is 2. The topological polar surface area (TPSA) is 46.2 Å². The third-order valence-electron chi connectivity index (χ3n) is 8.15. The van der Waals surface area contributed by atoms with Crippen LogP contribution in [0.1, 0.15) is 69.0 Å². The highest BCUT2D eigenvalue weighted by molar-refractivity contribution is 6.05. The summed E-state index contributed by atoms with van der Waals surface area (Å²) in [6, 6.07) is 15.2. The molecular weight excluding hydrogens is 444 g/mol. The summed E-state index contributed by atoms with van der Waals surface area (Å²) >= 11 is 0. The Morgan fingerprint density at radius 1 is 1.19 bits per heavy atom. The summed E-state index contributed by atoms with van der Waals surface area (Å²) in [5.74, 6) is -0.272. The van der Waals surface area contributed by atoms with Gasteiger partial charge in [-0.2, -0.15) is 4.57 Å². The van der Waals surface area contributed by atoms with Crippen LogP contribution in [0, 0.1) is 5.41 Å². The minimum absolute atomic E-state index is 0.143. The van der Waals surface area contributed by atoms with E-state index < -0.39 is 6.29 Å². The molecule has 1 aliphatic heterocycles. The number of benzene rings is 2. The first-order valence-electron chi connectivity index (χ1n) is 12.8. The average molecular weight is 480 g/mol. The predicted octanol–water partition coefficient (Wildman–Crippen LogP) is 6.36. The SMILES string of the molecule is C=CC1C(C(O)OC)c2cc3ccccc3c3c2-c2c4c(cc(CC(C)(C)C)nc4cc[n+]21)C3(C)C. The molecule has 4 nitrogen and oxygen atoms in total. The number of ether oxygens (including phenoxy) is 1. The van der Waals surface area contributed by atoms with Crippen LogP contribution in [0.2, 0.25) is 0 Å². The number of hydrogen-bond donors (Lipinski definition) is 1. The fourth-order valence-electron chi connectivity index (χ4n) is 6.73. The van der Waals surface area contributed by atoms with Crippen LogP contribution in [0.3, 0.4) is 0 Å². The van der Waals surface area contributed by atoms with Crippen LogP contribution in [0.15, 0.2) is 61.3 Å². The van der Waals surface area contributed by atoms with Crippen molar-refractivity contribution in [2.45, 2.75) is 64.7 Å². The lowest BCUT2D eigenvalue weighted by Crippen LogP contribution is -2.51. The summed E-state index contributed by atoms with van der Waals surface area (Å²) in [4.78, 5) is 5.17. The summed E-state index contributed by atoms with van der Waals surface area (Å²) < 4.78 is 7.83. The smallest absolute Gasteiger partial charge is 0.223 e. The number of rotatable bonds is 4. The second kappa shape index (κ2) is 7.71. The highest BCUT2D eigenvalue weighted by atomic mass is 16.6. The number of hydrogen-bond acceptors (Lipinski definition) is 3. The van der Waals surface area contributed by atoms with Gasteiger partial charge < -0.3 is 9.84 Å². The molecule has 6 rings (SSSR count). The number of methoxy groups -OCH3 is 1. The molecule has 4 heteroatoms. The molecule has 2 aliphatic rings. The molecule has 1 N–H and O–H groups in total. The van der Waals surface area contributed by atoms with Crippen LogP contribution >= 0.6 is 0 Å². The quantitative estimate of drug-likeness (QED) is 0.210. The van der Waals surface area contributed by atoms with E-state index in [9.17, 15) is 5.11 Å². The lowest BCUT2D eigenvalue weighted by Gasteiger charge is -2.40. The van der Waals surface area contributed by atoms with Crippen LogP contribution < -0.4 is 4.57 Å². The molecule has 3 heterocycles. The van der Waals surface area contributed by atoms with Gasteiger partial charge in [0.05, 0.1) is 16.5 Å². The van der Waals surface area contributed by atoms with E-state index in [1.54, 1.807) is 7.11 Å². The molecule has 2 aromatic carbocycles. The van der Waals surface area contributed by atoms with Gasteiger partial charge in [0.25, 0.3) is 0 Å². The van der Waals surface area contributed by atoms with Crippen LogP contribution in [0.4, 0.5) is 0 Å². The van der Waals surface area contributed by atoms with Crippen molar-refractivity contribution in [3.8, 4) is 11.3 Å². The molecule has 36 heavy (non-hydrogen) atoms. The molecule has 1 aliphatic carbocycles. The molecule has 4 aromatic rings. The monoisotopic (exact) mass is 479 g/mol. The van der Waals surface area contributed by atoms with Gasteiger partial charge in [-0.15, -0.1) is 0 Å². The Kier molecular flexibility index (Phi) is 4.99. The fraction of sp³-hybridized carbons (Fsp3) is 0.375. The van der Waals surface area contributed by atoms with Gasteiger partial charge in [0.1, 0.15) is 5.92 Å². The van der Waals surface area contributed by atoms with E-state index in [0.29, 0.717) is 0 Å². The van der Waals surface area contributed by atoms with Crippen molar-refractivity contribution < 1.29 is 14.4 Å². The number of fused-ring (bicyclic) bond motifs is 2. The summed E-state index contributed by atoms with van der Waals surface area (Å²) in [6.45, 7) is 15.7. The maximum atomic E-state index is 11.1. The summed E-state index contributed by atoms with van der Waals surface area (Å²) in [6.07, 6.45) is 4.03. The molecule has 0 saturated heterocycles. The minimum atomic E-state index is -0.952. The molecule has 0 fully saturated rings. The Balaban J connectivity index is 1.82. The number of allylic oxidation sites excluding steroid dienone is 1. The summed E-state index contributed by atoms with van der Waals surface area (Å²) in [5.41, 5.74) is 8.19. The van der Waals surface area contributed by atoms with Gasteiger partial charge in [-0.3, -0.25) is 4.98 Å². The molecular formula is C32H35N2O2+. The van der Waals surface area contributed by atoms with Crippen LogP contribution in [0.5, 0.6) is 0 Å². The maximum absolute atomic E-state index is 11.1. The normalized spacial score (nSPS) is 20.5. The van der Waals surface area contributed by atoms with Crippen LogP contribution in [-0.4, -0.2) is 23.5 Å². The van der Waals surface area contributed by atoms with Gasteiger partial charge in [-0.1, -0.05) is 65.5 Å². The molecule has 3 unspecified atom stereocenters. The molecule has 0 saturated carbocycles. The van der Waals surface area contributed by atoms with E-state index in [2.05, 4.69) is 94.4 Å². The van der Waals surface area contributed by atoms with Gasteiger partial charge in [-0.05, 0) is 57.5 Å². The van der Waals surface area contributed by atoms with E-state index in [1.165, 1.54) is 38.5 Å². The van der Waals surface area contributed by atoms with Crippen molar-refractivity contribution in [3.63, 3.8) is 0 Å². The second-order valence-corrected chi connectivity index (χ2v) is 12.2. The first kappa shape index (κ1) is 23.3. The Bertz CT molecular complexity index is 1560. The lowest BCUT2D eigenvalue weighted by molar-refractivity contribution is -0.708. The van der Waals surface area contributed by atoms with E-state index in [1.807, 2.05) is 6.08 Å². The van der Waals surface area contributed by atoms with E-state index >= 15 is 0 Å². The standard InChI is InChI=1S/C32H35N2O2/c1-8-24-25(30(35)36-7)21-15-18-11-9-10-12-20(18)28-26(21)29-27-22(32(28,5)6)16-19(17-31(2,3)4)33-23(27)13-14-34(24)29/h8-16,24-25,30,35H,1,17H2,2-7H3/q+1. The van der Waals surface area contributed by atoms with Gasteiger partial charge in [0.2, 0.25) is 5.69 Å². The van der Waals surface area contributed by atoms with Gasteiger partial charge >= 0.3 is 0 Å². The largest absolute Gasteiger partial charge is 0.367 e. The van der Waals surface area contributed by atoms with Gasteiger partial charge in [0, 0.05) is 24.3 Å². The van der Waals surface area contributed by atoms with Crippen LogP contribution in [-0.2, 0) is 16.6 Å². The molecule has 2 aromatic heterocycles. The number of pyridine rings is 2. The van der Waals surface area contributed by atoms with Crippen molar-refractivity contribution in [2.75, 3.05) is 7.11 Å². The van der Waals surface area contributed by atoms with E-state index in [4.69, 9.17) is 9.72 Å². The van der Waals surface area contributed by atoms with Gasteiger partial charge in [0.15, 0.2) is 18.5 Å². The summed E-state index contributed by atoms with van der Waals surface area (Å²) in [7, 11) is 1.57. The van der Waals surface area contributed by atoms with Crippen molar-refractivity contribution >= 4 is 21.7 Å². The number of nitrogens with zero attached hydrogens (tertiary/aromatic N) is 2. The van der Waals surface area contributed by atoms with Crippen molar-refractivity contribution in [1.82, 2.24) is 4.98 Å². The average Bonchev–Trinajstić information content (AvgIpc) is 2.83. The molecule has 184 valence electrons. The summed E-state index contributed by atoms with van der Waals surface area (Å²) in [5, 5.41) is 14.8. The van der Waals surface area contributed by atoms with Crippen molar-refractivity contribution in [3.05, 3.63) is 83.7 Å². The third kappa shape index (κ3) is 3.14. The van der Waals surface area contributed by atoms with Crippen LogP contribution in [0.25, 0.3) is 32.9 Å². The highest BCUT2D eigenvalue weighted by Gasteiger charge is 2.50. The zero-order chi connectivity index (χ0) is 25.6. The van der Waals surface area contributed by atoms with Crippen molar-refractivity contribution in [1.29, 1.82) is 0 Å². The fourth-order valence-corrected chi connectivity index (χ4v) is 6.73. The Labute approximate surface area is 213 Å². The molecule has 0 spiro atoms. The lowest BCUT2D eigenvalue weighted by atomic mass is 9.64. The number of aliphatic hydroxyl groups is 1. The molecule has 3 atom stereocenters. The zero-order valence-corrected chi connectivity index (χ0v) is 22.1. The zero-order valence-electron chi connectivity index (χ0n) is 22.1. The highest BCUT2D eigenvalue weighted by Crippen LogP contribution is 2.55. The minimum Gasteiger partial charge on any atom is -0.367 e. The predicted molar refractivity (Wildman–Crippen MR) is 145 cm³/mol.